The fourth-order valence-electron chi connectivity index (χ4n) is 1.39. The van der Waals surface area contributed by atoms with E-state index in [2.05, 4.69) is 37.3 Å². The summed E-state index contributed by atoms with van der Waals surface area (Å²) in [6.45, 7) is 1.90. The van der Waals surface area contributed by atoms with Gasteiger partial charge in [0.2, 0.25) is 0 Å². The fourth-order valence-corrected chi connectivity index (χ4v) is 2.75. The number of benzene rings is 1. The monoisotopic (exact) mass is 377 g/mol. The highest BCUT2D eigenvalue weighted by Gasteiger charge is 2.16. The summed E-state index contributed by atoms with van der Waals surface area (Å²) in [5.41, 5.74) is 0.531. The Labute approximate surface area is 119 Å². The molecular formula is C11H12IN3O2S. The third kappa shape index (κ3) is 3.02. The highest BCUT2D eigenvalue weighted by Crippen LogP contribution is 2.16. The Morgan fingerprint density at radius 3 is 2.56 bits per heavy atom. The predicted octanol–water partition coefficient (Wildman–Crippen LogP) is 2.38. The average molecular weight is 377 g/mol. The number of hydrogen-bond donors (Lipinski definition) is 2. The van der Waals surface area contributed by atoms with Gasteiger partial charge in [0, 0.05) is 15.7 Å². The molecule has 0 aliphatic heterocycles. The number of rotatable bonds is 4. The van der Waals surface area contributed by atoms with Gasteiger partial charge in [-0.05, 0) is 46.9 Å². The number of aryl methyl sites for hydroxylation is 1. The number of nitrogens with zero attached hydrogens (tertiary/aromatic N) is 1. The SMILES string of the molecule is CCc1ncc(S(=O)(=O)Nc2ccc(I)cc2)[nH]1. The van der Waals surface area contributed by atoms with Crippen molar-refractivity contribution in [1.82, 2.24) is 9.97 Å². The van der Waals surface area contributed by atoms with Crippen LogP contribution in [0.4, 0.5) is 5.69 Å². The zero-order valence-electron chi connectivity index (χ0n) is 9.64. The van der Waals surface area contributed by atoms with Crippen LogP contribution in [0.2, 0.25) is 0 Å². The Hall–Kier alpha value is -1.09. The molecule has 0 saturated carbocycles. The van der Waals surface area contributed by atoms with Crippen LogP contribution in [0.1, 0.15) is 12.7 Å². The maximum absolute atomic E-state index is 12.0. The molecule has 0 radical (unpaired) electrons. The molecule has 2 aromatic rings. The number of imidazole rings is 1. The molecule has 2 N–H and O–H groups in total. The van der Waals surface area contributed by atoms with Gasteiger partial charge >= 0.3 is 0 Å². The number of anilines is 1. The van der Waals surface area contributed by atoms with Crippen molar-refractivity contribution < 1.29 is 8.42 Å². The zero-order valence-corrected chi connectivity index (χ0v) is 12.6. The largest absolute Gasteiger partial charge is 0.332 e. The van der Waals surface area contributed by atoms with Crippen molar-refractivity contribution in [3.63, 3.8) is 0 Å². The third-order valence-corrected chi connectivity index (χ3v) is 4.34. The number of aromatic amines is 1. The lowest BCUT2D eigenvalue weighted by molar-refractivity contribution is 0.598. The minimum Gasteiger partial charge on any atom is -0.332 e. The van der Waals surface area contributed by atoms with E-state index in [1.165, 1.54) is 6.20 Å². The average Bonchev–Trinajstić information content (AvgIpc) is 2.81. The summed E-state index contributed by atoms with van der Waals surface area (Å²) < 4.78 is 27.6. The van der Waals surface area contributed by atoms with E-state index >= 15 is 0 Å². The van der Waals surface area contributed by atoms with Crippen LogP contribution in [-0.2, 0) is 16.4 Å². The Balaban J connectivity index is 2.24. The lowest BCUT2D eigenvalue weighted by Crippen LogP contribution is -2.13. The van der Waals surface area contributed by atoms with Crippen molar-refractivity contribution in [1.29, 1.82) is 0 Å². The number of nitrogens with one attached hydrogen (secondary N) is 2. The second-order valence-electron chi connectivity index (χ2n) is 3.66. The van der Waals surface area contributed by atoms with Gasteiger partial charge in [-0.2, -0.15) is 8.42 Å². The van der Waals surface area contributed by atoms with Gasteiger partial charge in [-0.1, -0.05) is 6.92 Å². The van der Waals surface area contributed by atoms with Crippen LogP contribution >= 0.6 is 22.6 Å². The van der Waals surface area contributed by atoms with Crippen LogP contribution in [0.3, 0.4) is 0 Å². The van der Waals surface area contributed by atoms with Crippen LogP contribution < -0.4 is 4.72 Å². The quantitative estimate of drug-likeness (QED) is 0.804. The van der Waals surface area contributed by atoms with Crippen LogP contribution in [0.5, 0.6) is 0 Å². The second-order valence-corrected chi connectivity index (χ2v) is 6.56. The van der Waals surface area contributed by atoms with Gasteiger partial charge in [0.1, 0.15) is 5.82 Å². The highest BCUT2D eigenvalue weighted by atomic mass is 127. The second kappa shape index (κ2) is 5.27. The Morgan fingerprint density at radius 1 is 1.33 bits per heavy atom. The van der Waals surface area contributed by atoms with Gasteiger partial charge in [0.05, 0.1) is 6.20 Å². The topological polar surface area (TPSA) is 74.8 Å². The zero-order chi connectivity index (χ0) is 13.2. The molecule has 0 atom stereocenters. The minimum atomic E-state index is -3.59. The van der Waals surface area contributed by atoms with Crippen molar-refractivity contribution in [2.45, 2.75) is 18.4 Å². The molecule has 18 heavy (non-hydrogen) atoms. The molecule has 0 aliphatic rings. The molecule has 0 amide bonds. The van der Waals surface area contributed by atoms with E-state index < -0.39 is 10.0 Å². The van der Waals surface area contributed by atoms with Crippen molar-refractivity contribution in [2.24, 2.45) is 0 Å². The van der Waals surface area contributed by atoms with E-state index in [1.807, 2.05) is 19.1 Å². The number of halogens is 1. The normalized spacial score (nSPS) is 11.4. The van der Waals surface area contributed by atoms with Crippen LogP contribution in [-0.4, -0.2) is 18.4 Å². The molecular weight excluding hydrogens is 365 g/mol. The Morgan fingerprint density at radius 2 is 2.00 bits per heavy atom. The fraction of sp³-hybridized carbons (Fsp3) is 0.182. The maximum atomic E-state index is 12.0. The Bertz CT molecular complexity index is 635. The van der Waals surface area contributed by atoms with E-state index in [1.54, 1.807) is 12.1 Å². The van der Waals surface area contributed by atoms with Crippen molar-refractivity contribution in [3.05, 3.63) is 39.9 Å². The Kier molecular flexibility index (Phi) is 3.91. The van der Waals surface area contributed by atoms with Gasteiger partial charge in [0.25, 0.3) is 10.0 Å². The van der Waals surface area contributed by atoms with E-state index in [0.717, 1.165) is 3.57 Å². The standard InChI is InChI=1S/C11H12IN3O2S/c1-2-10-13-7-11(14-10)18(16,17)15-9-5-3-8(12)4-6-9/h3-7,15H,2H2,1H3,(H,13,14). The first-order valence-corrected chi connectivity index (χ1v) is 7.89. The molecule has 2 rings (SSSR count). The van der Waals surface area contributed by atoms with Crippen LogP contribution in [0.25, 0.3) is 0 Å². The lowest BCUT2D eigenvalue weighted by atomic mass is 10.3. The summed E-state index contributed by atoms with van der Waals surface area (Å²) in [6.07, 6.45) is 1.99. The third-order valence-electron chi connectivity index (χ3n) is 2.33. The van der Waals surface area contributed by atoms with E-state index in [4.69, 9.17) is 0 Å². The molecule has 0 spiro atoms. The summed E-state index contributed by atoms with van der Waals surface area (Å²) in [5.74, 6) is 0.651. The van der Waals surface area contributed by atoms with Crippen LogP contribution in [0.15, 0.2) is 35.5 Å². The molecule has 1 aromatic heterocycles. The summed E-state index contributed by atoms with van der Waals surface area (Å²) in [6, 6.07) is 7.11. The van der Waals surface area contributed by atoms with Crippen molar-refractivity contribution in [3.8, 4) is 0 Å². The van der Waals surface area contributed by atoms with Gasteiger partial charge < -0.3 is 4.98 Å². The molecule has 0 saturated heterocycles. The number of hydrogen-bond acceptors (Lipinski definition) is 3. The first-order valence-electron chi connectivity index (χ1n) is 5.33. The maximum Gasteiger partial charge on any atom is 0.278 e. The first-order chi connectivity index (χ1) is 8.51. The van der Waals surface area contributed by atoms with E-state index in [-0.39, 0.29) is 5.03 Å². The molecule has 7 heteroatoms. The van der Waals surface area contributed by atoms with Gasteiger partial charge in [-0.25, -0.2) is 4.98 Å². The van der Waals surface area contributed by atoms with Gasteiger partial charge in [0.15, 0.2) is 5.03 Å². The smallest absolute Gasteiger partial charge is 0.278 e. The molecule has 0 unspecified atom stereocenters. The first kappa shape index (κ1) is 13.3. The molecule has 5 nitrogen and oxygen atoms in total. The number of H-pyrrole nitrogens is 1. The summed E-state index contributed by atoms with van der Waals surface area (Å²) >= 11 is 2.16. The number of sulfonamides is 1. The van der Waals surface area contributed by atoms with E-state index in [9.17, 15) is 8.42 Å². The van der Waals surface area contributed by atoms with E-state index in [0.29, 0.717) is 17.9 Å². The van der Waals surface area contributed by atoms with Gasteiger partial charge in [-0.15, -0.1) is 0 Å². The van der Waals surface area contributed by atoms with Crippen molar-refractivity contribution >= 4 is 38.3 Å². The molecule has 0 aliphatic carbocycles. The van der Waals surface area contributed by atoms with Crippen LogP contribution in [0, 0.1) is 3.57 Å². The van der Waals surface area contributed by atoms with Gasteiger partial charge in [-0.3, -0.25) is 4.72 Å². The summed E-state index contributed by atoms with van der Waals surface area (Å²) in [4.78, 5) is 6.75. The summed E-state index contributed by atoms with van der Waals surface area (Å²) in [7, 11) is -3.59. The molecule has 96 valence electrons. The summed E-state index contributed by atoms with van der Waals surface area (Å²) in [5, 5.41) is 0.0814. The highest BCUT2D eigenvalue weighted by molar-refractivity contribution is 14.1. The molecule has 1 heterocycles. The number of aromatic nitrogens is 2. The van der Waals surface area contributed by atoms with Crippen molar-refractivity contribution in [2.75, 3.05) is 4.72 Å². The molecule has 0 fully saturated rings. The lowest BCUT2D eigenvalue weighted by Gasteiger charge is -2.05. The molecule has 1 aromatic carbocycles. The predicted molar refractivity (Wildman–Crippen MR) is 77.9 cm³/mol. The minimum absolute atomic E-state index is 0.0814. The molecule has 0 bridgehead atoms.